The highest BCUT2D eigenvalue weighted by molar-refractivity contribution is 5.42. The molecule has 4 nitrogen and oxygen atoms in total. The van der Waals surface area contributed by atoms with Crippen LogP contribution in [0.3, 0.4) is 0 Å². The van der Waals surface area contributed by atoms with E-state index in [2.05, 4.69) is 20.9 Å². The predicted octanol–water partition coefficient (Wildman–Crippen LogP) is 1.22. The maximum Gasteiger partial charge on any atom is 0.137 e. The van der Waals surface area contributed by atoms with E-state index in [0.29, 0.717) is 12.6 Å². The minimum absolute atomic E-state index is 0.422. The van der Waals surface area contributed by atoms with Crippen LogP contribution >= 0.6 is 0 Å². The Kier molecular flexibility index (Phi) is 2.38. The number of pyridine rings is 1. The second-order valence-corrected chi connectivity index (χ2v) is 4.26. The lowest BCUT2D eigenvalue weighted by atomic mass is 10.2. The first-order valence-electron chi connectivity index (χ1n) is 5.79. The quantitative estimate of drug-likeness (QED) is 0.793. The van der Waals surface area contributed by atoms with Crippen molar-refractivity contribution in [2.45, 2.75) is 25.4 Å². The average Bonchev–Trinajstić information content (AvgIpc) is 2.96. The van der Waals surface area contributed by atoms with Crippen molar-refractivity contribution in [3.63, 3.8) is 0 Å². The van der Waals surface area contributed by atoms with Gasteiger partial charge in [-0.05, 0) is 31.5 Å². The fourth-order valence-corrected chi connectivity index (χ4v) is 2.36. The number of nitrogens with zero attached hydrogens (tertiary/aromatic N) is 2. The zero-order valence-electron chi connectivity index (χ0n) is 9.19. The van der Waals surface area contributed by atoms with Gasteiger partial charge in [0, 0.05) is 18.4 Å². The molecule has 0 aromatic carbocycles. The number of aromatic nitrogens is 2. The summed E-state index contributed by atoms with van der Waals surface area (Å²) in [5.41, 5.74) is 8.95. The van der Waals surface area contributed by atoms with E-state index in [1.807, 2.05) is 18.2 Å². The summed E-state index contributed by atoms with van der Waals surface area (Å²) in [5, 5.41) is 3.46. The van der Waals surface area contributed by atoms with Gasteiger partial charge in [-0.25, -0.2) is 4.98 Å². The normalized spacial score (nSPS) is 20.7. The Morgan fingerprint density at radius 1 is 1.50 bits per heavy atom. The van der Waals surface area contributed by atoms with E-state index in [9.17, 15) is 0 Å². The van der Waals surface area contributed by atoms with Gasteiger partial charge in [0.2, 0.25) is 0 Å². The largest absolute Gasteiger partial charge is 0.325 e. The molecule has 1 aliphatic heterocycles. The number of hydrogen-bond acceptors (Lipinski definition) is 3. The van der Waals surface area contributed by atoms with Crippen LogP contribution in [0.15, 0.2) is 24.4 Å². The second-order valence-electron chi connectivity index (χ2n) is 4.26. The predicted molar refractivity (Wildman–Crippen MR) is 63.1 cm³/mol. The van der Waals surface area contributed by atoms with Crippen molar-refractivity contribution in [1.29, 1.82) is 0 Å². The number of nitrogens with one attached hydrogen (secondary N) is 1. The SMILES string of the molecule is NCc1cccc2nc(C3CCCN3)cn12. The van der Waals surface area contributed by atoms with Crippen molar-refractivity contribution in [3.8, 4) is 0 Å². The minimum Gasteiger partial charge on any atom is -0.325 e. The highest BCUT2D eigenvalue weighted by Gasteiger charge is 2.19. The molecule has 0 saturated carbocycles. The van der Waals surface area contributed by atoms with E-state index in [0.717, 1.165) is 23.6 Å². The molecule has 16 heavy (non-hydrogen) atoms. The Labute approximate surface area is 94.5 Å². The molecule has 1 fully saturated rings. The summed E-state index contributed by atoms with van der Waals surface area (Å²) in [7, 11) is 0. The summed E-state index contributed by atoms with van der Waals surface area (Å²) in [4.78, 5) is 4.65. The summed E-state index contributed by atoms with van der Waals surface area (Å²) in [6.45, 7) is 1.65. The molecule has 0 aliphatic carbocycles. The monoisotopic (exact) mass is 216 g/mol. The summed E-state index contributed by atoms with van der Waals surface area (Å²) in [5.74, 6) is 0. The third-order valence-electron chi connectivity index (χ3n) is 3.22. The molecular formula is C12H16N4. The van der Waals surface area contributed by atoms with Gasteiger partial charge in [0.1, 0.15) is 5.65 Å². The van der Waals surface area contributed by atoms with Crippen LogP contribution in [0, 0.1) is 0 Å². The van der Waals surface area contributed by atoms with E-state index in [-0.39, 0.29) is 0 Å². The van der Waals surface area contributed by atoms with E-state index < -0.39 is 0 Å². The summed E-state index contributed by atoms with van der Waals surface area (Å²) in [6.07, 6.45) is 4.53. The van der Waals surface area contributed by atoms with Gasteiger partial charge in [-0.15, -0.1) is 0 Å². The molecule has 0 bridgehead atoms. The molecule has 0 amide bonds. The molecule has 4 heteroatoms. The summed E-state index contributed by atoms with van der Waals surface area (Å²) >= 11 is 0. The summed E-state index contributed by atoms with van der Waals surface area (Å²) < 4.78 is 2.09. The first-order chi connectivity index (χ1) is 7.88. The molecular weight excluding hydrogens is 200 g/mol. The number of imidazole rings is 1. The third kappa shape index (κ3) is 1.50. The van der Waals surface area contributed by atoms with E-state index in [4.69, 9.17) is 5.73 Å². The Bertz CT molecular complexity index is 497. The van der Waals surface area contributed by atoms with Crippen molar-refractivity contribution in [1.82, 2.24) is 14.7 Å². The molecule has 1 atom stereocenters. The fourth-order valence-electron chi connectivity index (χ4n) is 2.36. The number of nitrogens with two attached hydrogens (primary N) is 1. The molecule has 3 rings (SSSR count). The molecule has 84 valence electrons. The molecule has 0 spiro atoms. The Balaban J connectivity index is 2.07. The maximum absolute atomic E-state index is 5.71. The zero-order valence-corrected chi connectivity index (χ0v) is 9.19. The maximum atomic E-state index is 5.71. The van der Waals surface area contributed by atoms with Crippen LogP contribution in [-0.4, -0.2) is 15.9 Å². The number of rotatable bonds is 2. The van der Waals surface area contributed by atoms with E-state index in [1.165, 1.54) is 12.8 Å². The lowest BCUT2D eigenvalue weighted by Crippen LogP contribution is -2.12. The van der Waals surface area contributed by atoms with E-state index in [1.54, 1.807) is 0 Å². The summed E-state index contributed by atoms with van der Waals surface area (Å²) in [6, 6.07) is 6.50. The molecule has 0 radical (unpaired) electrons. The molecule has 3 heterocycles. The lowest BCUT2D eigenvalue weighted by molar-refractivity contribution is 0.632. The minimum atomic E-state index is 0.422. The number of hydrogen-bond donors (Lipinski definition) is 2. The van der Waals surface area contributed by atoms with Gasteiger partial charge in [-0.1, -0.05) is 6.07 Å². The van der Waals surface area contributed by atoms with Crippen molar-refractivity contribution < 1.29 is 0 Å². The highest BCUT2D eigenvalue weighted by atomic mass is 15.1. The van der Waals surface area contributed by atoms with Crippen LogP contribution < -0.4 is 11.1 Å². The van der Waals surface area contributed by atoms with Gasteiger partial charge in [0.15, 0.2) is 0 Å². The fraction of sp³-hybridized carbons (Fsp3) is 0.417. The van der Waals surface area contributed by atoms with Gasteiger partial charge in [0.05, 0.1) is 11.7 Å². The van der Waals surface area contributed by atoms with Gasteiger partial charge < -0.3 is 15.5 Å². The Hall–Kier alpha value is -1.39. The molecule has 1 unspecified atom stereocenters. The van der Waals surface area contributed by atoms with Crippen LogP contribution in [0.1, 0.15) is 30.3 Å². The Morgan fingerprint density at radius 3 is 3.19 bits per heavy atom. The van der Waals surface area contributed by atoms with Crippen molar-refractivity contribution in [2.75, 3.05) is 6.54 Å². The standard InChI is InChI=1S/C12H16N4/c13-7-9-3-1-5-12-15-11(8-16(9)12)10-4-2-6-14-10/h1,3,5,8,10,14H,2,4,6-7,13H2. The average molecular weight is 216 g/mol. The van der Waals surface area contributed by atoms with Crippen molar-refractivity contribution >= 4 is 5.65 Å². The van der Waals surface area contributed by atoms with Crippen LogP contribution in [0.4, 0.5) is 0 Å². The second kappa shape index (κ2) is 3.88. The van der Waals surface area contributed by atoms with Gasteiger partial charge in [-0.3, -0.25) is 0 Å². The van der Waals surface area contributed by atoms with E-state index >= 15 is 0 Å². The Morgan fingerprint density at radius 2 is 2.44 bits per heavy atom. The number of fused-ring (bicyclic) bond motifs is 1. The van der Waals surface area contributed by atoms with Crippen molar-refractivity contribution in [2.24, 2.45) is 5.73 Å². The lowest BCUT2D eigenvalue weighted by Gasteiger charge is -2.04. The van der Waals surface area contributed by atoms with Crippen LogP contribution in [0.5, 0.6) is 0 Å². The molecule has 2 aromatic rings. The topological polar surface area (TPSA) is 55.3 Å². The molecule has 2 aromatic heterocycles. The molecule has 1 saturated heterocycles. The van der Waals surface area contributed by atoms with Crippen LogP contribution in [0.2, 0.25) is 0 Å². The highest BCUT2D eigenvalue weighted by Crippen LogP contribution is 2.22. The molecule has 3 N–H and O–H groups in total. The first kappa shape index (κ1) is 9.81. The van der Waals surface area contributed by atoms with Gasteiger partial charge >= 0.3 is 0 Å². The first-order valence-corrected chi connectivity index (χ1v) is 5.79. The molecule has 1 aliphatic rings. The van der Waals surface area contributed by atoms with Gasteiger partial charge in [0.25, 0.3) is 0 Å². The van der Waals surface area contributed by atoms with Gasteiger partial charge in [-0.2, -0.15) is 0 Å². The van der Waals surface area contributed by atoms with Crippen LogP contribution in [0.25, 0.3) is 5.65 Å². The van der Waals surface area contributed by atoms with Crippen LogP contribution in [-0.2, 0) is 6.54 Å². The zero-order chi connectivity index (χ0) is 11.0. The smallest absolute Gasteiger partial charge is 0.137 e. The third-order valence-corrected chi connectivity index (χ3v) is 3.22. The van der Waals surface area contributed by atoms with Crippen molar-refractivity contribution in [3.05, 3.63) is 35.8 Å².